The molecular formula is C14H11NOS. The third-order valence-electron chi connectivity index (χ3n) is 2.69. The van der Waals surface area contributed by atoms with Gasteiger partial charge in [-0.1, -0.05) is 41.9 Å². The number of benzene rings is 1. The first-order valence-electron chi connectivity index (χ1n) is 5.51. The fourth-order valence-electron chi connectivity index (χ4n) is 1.85. The zero-order valence-corrected chi connectivity index (χ0v) is 9.98. The highest BCUT2D eigenvalue weighted by Crippen LogP contribution is 2.20. The minimum atomic E-state index is 0.0665. The van der Waals surface area contributed by atoms with Gasteiger partial charge in [-0.05, 0) is 30.7 Å². The summed E-state index contributed by atoms with van der Waals surface area (Å²) in [6, 6.07) is 7.72. The van der Waals surface area contributed by atoms with Crippen LogP contribution in [0.1, 0.15) is 6.42 Å². The van der Waals surface area contributed by atoms with Gasteiger partial charge in [-0.15, -0.1) is 0 Å². The predicted molar refractivity (Wildman–Crippen MR) is 73.3 cm³/mol. The number of hydrogen-bond donors (Lipinski definition) is 0. The fraction of sp³-hybridized carbons (Fsp3) is 0.0714. The van der Waals surface area contributed by atoms with Crippen molar-refractivity contribution in [1.29, 1.82) is 0 Å². The highest BCUT2D eigenvalue weighted by Gasteiger charge is 2.08. The first-order chi connectivity index (χ1) is 8.36. The molecule has 0 aliphatic heterocycles. The van der Waals surface area contributed by atoms with E-state index in [1.165, 1.54) is 11.5 Å². The van der Waals surface area contributed by atoms with E-state index in [9.17, 15) is 4.79 Å². The fourth-order valence-corrected chi connectivity index (χ4v) is 2.84. The Morgan fingerprint density at radius 2 is 2.06 bits per heavy atom. The quantitative estimate of drug-likeness (QED) is 0.749. The maximum absolute atomic E-state index is 12.2. The van der Waals surface area contributed by atoms with Gasteiger partial charge in [0.25, 0.3) is 5.56 Å². The molecule has 17 heavy (non-hydrogen) atoms. The summed E-state index contributed by atoms with van der Waals surface area (Å²) in [5.41, 5.74) is 1.00. The lowest BCUT2D eigenvalue weighted by atomic mass is 10.3. The van der Waals surface area contributed by atoms with Crippen molar-refractivity contribution in [3.8, 4) is 0 Å². The summed E-state index contributed by atoms with van der Waals surface area (Å²) in [7, 11) is 0. The maximum Gasteiger partial charge on any atom is 0.273 e. The summed E-state index contributed by atoms with van der Waals surface area (Å²) in [5.74, 6) is 0. The molecule has 0 unspecified atom stereocenters. The van der Waals surface area contributed by atoms with Crippen molar-refractivity contribution in [2.45, 2.75) is 6.42 Å². The van der Waals surface area contributed by atoms with Gasteiger partial charge >= 0.3 is 0 Å². The van der Waals surface area contributed by atoms with Crippen LogP contribution in [-0.2, 0) is 0 Å². The smallest absolute Gasteiger partial charge is 0.267 e. The molecule has 1 aliphatic carbocycles. The number of fused-ring (bicyclic) bond motifs is 1. The standard InChI is InChI=1S/C14H11NOS/c16-14-12-9-5-6-10-13(12)17-15(14)11-7-3-1-2-4-8-11/h1,3-10H,2H2. The SMILES string of the molecule is O=c1c2ccccc2sn1C1=CC=CCC=C1. The average Bonchev–Trinajstić information content (AvgIpc) is 2.57. The van der Waals surface area contributed by atoms with Crippen LogP contribution >= 0.6 is 11.5 Å². The number of aromatic nitrogens is 1. The number of hydrogen-bond acceptors (Lipinski definition) is 2. The summed E-state index contributed by atoms with van der Waals surface area (Å²) in [6.07, 6.45) is 11.0. The Hall–Kier alpha value is -1.87. The Bertz CT molecular complexity index is 700. The molecule has 2 aromatic rings. The van der Waals surface area contributed by atoms with E-state index in [4.69, 9.17) is 0 Å². The molecule has 84 valence electrons. The lowest BCUT2D eigenvalue weighted by Crippen LogP contribution is -2.10. The predicted octanol–water partition coefficient (Wildman–Crippen LogP) is 3.42. The Morgan fingerprint density at radius 1 is 1.18 bits per heavy atom. The molecule has 1 aromatic carbocycles. The Morgan fingerprint density at radius 3 is 2.94 bits per heavy atom. The molecule has 1 heterocycles. The van der Waals surface area contributed by atoms with Gasteiger partial charge in [-0.3, -0.25) is 4.79 Å². The highest BCUT2D eigenvalue weighted by molar-refractivity contribution is 7.14. The van der Waals surface area contributed by atoms with E-state index in [-0.39, 0.29) is 5.56 Å². The van der Waals surface area contributed by atoms with Crippen LogP contribution in [0, 0.1) is 0 Å². The van der Waals surface area contributed by atoms with E-state index in [1.54, 1.807) is 3.96 Å². The van der Waals surface area contributed by atoms with Crippen molar-refractivity contribution in [2.24, 2.45) is 0 Å². The third kappa shape index (κ3) is 1.78. The average molecular weight is 241 g/mol. The molecule has 0 amide bonds. The van der Waals surface area contributed by atoms with Crippen LogP contribution in [0.4, 0.5) is 0 Å². The van der Waals surface area contributed by atoms with E-state index < -0.39 is 0 Å². The molecule has 3 heteroatoms. The van der Waals surface area contributed by atoms with Crippen LogP contribution < -0.4 is 5.56 Å². The molecule has 0 bridgehead atoms. The summed E-state index contributed by atoms with van der Waals surface area (Å²) in [5, 5.41) is 0.792. The third-order valence-corrected chi connectivity index (χ3v) is 3.80. The van der Waals surface area contributed by atoms with Gasteiger partial charge in [0.2, 0.25) is 0 Å². The van der Waals surface area contributed by atoms with E-state index in [0.717, 1.165) is 22.2 Å². The van der Waals surface area contributed by atoms with Crippen molar-refractivity contribution < 1.29 is 0 Å². The van der Waals surface area contributed by atoms with Crippen LogP contribution in [0.3, 0.4) is 0 Å². The van der Waals surface area contributed by atoms with Crippen LogP contribution in [0.25, 0.3) is 15.8 Å². The second kappa shape index (κ2) is 4.18. The highest BCUT2D eigenvalue weighted by atomic mass is 32.1. The lowest BCUT2D eigenvalue weighted by Gasteiger charge is -1.98. The number of allylic oxidation sites excluding steroid dienone is 6. The Kier molecular flexibility index (Phi) is 2.53. The topological polar surface area (TPSA) is 22.0 Å². The molecular weight excluding hydrogens is 230 g/mol. The maximum atomic E-state index is 12.2. The zero-order valence-electron chi connectivity index (χ0n) is 9.17. The van der Waals surface area contributed by atoms with E-state index in [1.807, 2.05) is 42.5 Å². The van der Waals surface area contributed by atoms with Crippen LogP contribution in [0.5, 0.6) is 0 Å². The van der Waals surface area contributed by atoms with Crippen molar-refractivity contribution in [1.82, 2.24) is 3.96 Å². The Labute approximate surface area is 103 Å². The first kappa shape index (κ1) is 10.3. The number of rotatable bonds is 1. The molecule has 1 aromatic heterocycles. The van der Waals surface area contributed by atoms with E-state index >= 15 is 0 Å². The van der Waals surface area contributed by atoms with Crippen molar-refractivity contribution in [3.63, 3.8) is 0 Å². The summed E-state index contributed by atoms with van der Waals surface area (Å²) < 4.78 is 2.77. The van der Waals surface area contributed by atoms with E-state index in [0.29, 0.717) is 0 Å². The molecule has 3 rings (SSSR count). The van der Waals surface area contributed by atoms with Gasteiger partial charge in [0, 0.05) is 0 Å². The number of nitrogens with zero attached hydrogens (tertiary/aromatic N) is 1. The van der Waals surface area contributed by atoms with Gasteiger partial charge in [0.05, 0.1) is 15.8 Å². The minimum absolute atomic E-state index is 0.0665. The first-order valence-corrected chi connectivity index (χ1v) is 6.28. The van der Waals surface area contributed by atoms with E-state index in [2.05, 4.69) is 12.2 Å². The molecule has 0 saturated heterocycles. The van der Waals surface area contributed by atoms with Gasteiger partial charge in [0.15, 0.2) is 0 Å². The van der Waals surface area contributed by atoms with Crippen LogP contribution in [0.15, 0.2) is 59.4 Å². The second-order valence-corrected chi connectivity index (χ2v) is 4.83. The molecule has 1 aliphatic rings. The largest absolute Gasteiger partial charge is 0.273 e. The molecule has 0 saturated carbocycles. The van der Waals surface area contributed by atoms with Crippen LogP contribution in [0.2, 0.25) is 0 Å². The molecule has 0 fully saturated rings. The summed E-state index contributed by atoms with van der Waals surface area (Å²) in [6.45, 7) is 0. The van der Waals surface area contributed by atoms with Gasteiger partial charge < -0.3 is 0 Å². The Balaban J connectivity index is 2.24. The molecule has 0 N–H and O–H groups in total. The summed E-state index contributed by atoms with van der Waals surface area (Å²) in [4.78, 5) is 12.2. The van der Waals surface area contributed by atoms with Crippen molar-refractivity contribution >= 4 is 27.3 Å². The van der Waals surface area contributed by atoms with Crippen molar-refractivity contribution in [2.75, 3.05) is 0 Å². The zero-order chi connectivity index (χ0) is 11.7. The van der Waals surface area contributed by atoms with Crippen LogP contribution in [-0.4, -0.2) is 3.96 Å². The van der Waals surface area contributed by atoms with Crippen molar-refractivity contribution in [3.05, 3.63) is 65.0 Å². The lowest BCUT2D eigenvalue weighted by molar-refractivity contribution is 1.19. The molecule has 0 spiro atoms. The summed E-state index contributed by atoms with van der Waals surface area (Å²) >= 11 is 1.49. The normalized spacial score (nSPS) is 14.9. The van der Waals surface area contributed by atoms with Gasteiger partial charge in [0.1, 0.15) is 0 Å². The molecule has 2 nitrogen and oxygen atoms in total. The molecule has 0 radical (unpaired) electrons. The van der Waals surface area contributed by atoms with Gasteiger partial charge in [-0.2, -0.15) is 0 Å². The monoisotopic (exact) mass is 241 g/mol. The van der Waals surface area contributed by atoms with Gasteiger partial charge in [-0.25, -0.2) is 3.96 Å². The minimum Gasteiger partial charge on any atom is -0.267 e. The second-order valence-electron chi connectivity index (χ2n) is 3.84. The molecule has 0 atom stereocenters.